The van der Waals surface area contributed by atoms with Crippen LogP contribution in [-0.4, -0.2) is 9.97 Å². The Hall–Kier alpha value is -0.336. The third-order valence-electron chi connectivity index (χ3n) is 0.633. The molecule has 0 unspecified atom stereocenters. The average molecular weight is 144 g/mol. The van der Waals surface area contributed by atoms with E-state index in [1.165, 1.54) is 6.33 Å². The fourth-order valence-electron chi connectivity index (χ4n) is 0.338. The van der Waals surface area contributed by atoms with Gasteiger partial charge in [-0.1, -0.05) is 19.3 Å². The van der Waals surface area contributed by atoms with Crippen molar-refractivity contribution in [3.8, 4) is 0 Å². The molecule has 0 bridgehead atoms. The van der Waals surface area contributed by atoms with Crippen LogP contribution in [0.25, 0.3) is 0 Å². The van der Waals surface area contributed by atoms with Gasteiger partial charge in [0.1, 0.15) is 0 Å². The van der Waals surface area contributed by atoms with E-state index in [1.807, 2.05) is 6.92 Å². The molecule has 1 heterocycles. The van der Waals surface area contributed by atoms with E-state index in [1.54, 1.807) is 6.20 Å². The Morgan fingerprint density at radius 3 is 2.62 bits per heavy atom. The van der Waals surface area contributed by atoms with E-state index in [9.17, 15) is 0 Å². The van der Waals surface area contributed by atoms with E-state index in [0.29, 0.717) is 0 Å². The molecule has 1 aromatic heterocycles. The molecule has 1 aromatic rings. The van der Waals surface area contributed by atoms with Gasteiger partial charge in [-0.3, -0.25) is 0 Å². The van der Waals surface area contributed by atoms with Crippen LogP contribution in [0, 0.1) is 13.1 Å². The number of nitrogens with zero attached hydrogens (tertiary/aromatic N) is 2. The van der Waals surface area contributed by atoms with Crippen LogP contribution in [0.2, 0.25) is 0 Å². The first kappa shape index (κ1) is 7.66. The van der Waals surface area contributed by atoms with Crippen molar-refractivity contribution >= 4 is 0 Å². The zero-order chi connectivity index (χ0) is 5.11. The van der Waals surface area contributed by atoms with Gasteiger partial charge in [0.25, 0.3) is 0 Å². The standard InChI is InChI=1S/C5H5N2.V/c1-5-2-6-4-7-3-5;/h2,4H,1H3;/q-1;. The second-order valence-corrected chi connectivity index (χ2v) is 1.32. The molecule has 0 aliphatic heterocycles. The molecular formula is C5H5N2V-. The fraction of sp³-hybridized carbons (Fsp3) is 0.200. The van der Waals surface area contributed by atoms with Crippen LogP contribution in [0.4, 0.5) is 0 Å². The quantitative estimate of drug-likeness (QED) is 0.498. The Kier molecular flexibility index (Phi) is 3.49. The minimum Gasteiger partial charge on any atom is -0.376 e. The molecular weight excluding hydrogens is 139 g/mol. The summed E-state index contributed by atoms with van der Waals surface area (Å²) in [5, 5.41) is 0. The number of aryl methyl sites for hydroxylation is 1. The van der Waals surface area contributed by atoms with Gasteiger partial charge in [-0.05, 0) is 6.33 Å². The first-order valence-electron chi connectivity index (χ1n) is 2.04. The predicted octanol–water partition coefficient (Wildman–Crippen LogP) is 0.583. The SMILES string of the molecule is Cc1[c-]ncnc1.[V]. The second-order valence-electron chi connectivity index (χ2n) is 1.32. The van der Waals surface area contributed by atoms with Crippen LogP contribution in [0.1, 0.15) is 5.56 Å². The molecule has 0 amide bonds. The van der Waals surface area contributed by atoms with E-state index < -0.39 is 0 Å². The van der Waals surface area contributed by atoms with Crippen LogP contribution in [0.5, 0.6) is 0 Å². The van der Waals surface area contributed by atoms with Gasteiger partial charge in [0.15, 0.2) is 0 Å². The Bertz CT molecular complexity index is 140. The maximum atomic E-state index is 3.74. The molecule has 0 atom stereocenters. The monoisotopic (exact) mass is 144 g/mol. The van der Waals surface area contributed by atoms with E-state index in [0.717, 1.165) is 5.56 Å². The van der Waals surface area contributed by atoms with Crippen molar-refractivity contribution in [2.45, 2.75) is 6.92 Å². The van der Waals surface area contributed by atoms with Crippen molar-refractivity contribution in [3.63, 3.8) is 0 Å². The maximum Gasteiger partial charge on any atom is 0 e. The minimum atomic E-state index is 0. The van der Waals surface area contributed by atoms with Crippen molar-refractivity contribution in [1.82, 2.24) is 9.97 Å². The Labute approximate surface area is 60.2 Å². The number of hydrogen-bond acceptors (Lipinski definition) is 2. The molecule has 8 heavy (non-hydrogen) atoms. The molecule has 41 valence electrons. The Balaban J connectivity index is 0.000000490. The van der Waals surface area contributed by atoms with Crippen molar-refractivity contribution in [3.05, 3.63) is 24.3 Å². The summed E-state index contributed by atoms with van der Waals surface area (Å²) in [6.45, 7) is 1.90. The average Bonchev–Trinajstić information content (AvgIpc) is 1.69. The molecule has 0 aliphatic carbocycles. The fourth-order valence-corrected chi connectivity index (χ4v) is 0.338. The maximum absolute atomic E-state index is 3.74. The van der Waals surface area contributed by atoms with Crippen LogP contribution >= 0.6 is 0 Å². The summed E-state index contributed by atoms with van der Waals surface area (Å²) in [5.41, 5.74) is 0.975. The molecule has 1 radical (unpaired) electrons. The number of aromatic nitrogens is 2. The summed E-state index contributed by atoms with van der Waals surface area (Å²) in [7, 11) is 0. The largest absolute Gasteiger partial charge is 0.376 e. The molecule has 0 fully saturated rings. The van der Waals surface area contributed by atoms with E-state index in [4.69, 9.17) is 0 Å². The molecule has 0 aliphatic rings. The van der Waals surface area contributed by atoms with Gasteiger partial charge in [-0.15, -0.1) is 5.56 Å². The summed E-state index contributed by atoms with van der Waals surface area (Å²) >= 11 is 0. The van der Waals surface area contributed by atoms with Crippen LogP contribution in [0.3, 0.4) is 0 Å². The molecule has 0 N–H and O–H groups in total. The molecule has 0 aromatic carbocycles. The topological polar surface area (TPSA) is 25.8 Å². The summed E-state index contributed by atoms with van der Waals surface area (Å²) in [5.74, 6) is 0. The number of rotatable bonds is 0. The Morgan fingerprint density at radius 2 is 2.38 bits per heavy atom. The summed E-state index contributed by atoms with van der Waals surface area (Å²) < 4.78 is 0. The number of hydrogen-bond donors (Lipinski definition) is 0. The van der Waals surface area contributed by atoms with Gasteiger partial charge < -0.3 is 9.97 Å². The van der Waals surface area contributed by atoms with E-state index >= 15 is 0 Å². The van der Waals surface area contributed by atoms with E-state index in [2.05, 4.69) is 16.2 Å². The molecule has 2 nitrogen and oxygen atoms in total. The van der Waals surface area contributed by atoms with Crippen LogP contribution in [0.15, 0.2) is 12.5 Å². The molecule has 0 saturated carbocycles. The first-order valence-corrected chi connectivity index (χ1v) is 2.04. The van der Waals surface area contributed by atoms with E-state index in [-0.39, 0.29) is 18.6 Å². The smallest absolute Gasteiger partial charge is 0 e. The molecule has 1 rings (SSSR count). The van der Waals surface area contributed by atoms with Crippen molar-refractivity contribution in [1.29, 1.82) is 0 Å². The van der Waals surface area contributed by atoms with Crippen molar-refractivity contribution in [2.75, 3.05) is 0 Å². The van der Waals surface area contributed by atoms with Gasteiger partial charge in [0, 0.05) is 18.6 Å². The van der Waals surface area contributed by atoms with Crippen molar-refractivity contribution < 1.29 is 18.6 Å². The molecule has 0 saturated heterocycles. The van der Waals surface area contributed by atoms with Crippen molar-refractivity contribution in [2.24, 2.45) is 0 Å². The van der Waals surface area contributed by atoms with Crippen LogP contribution in [-0.2, 0) is 18.6 Å². The summed E-state index contributed by atoms with van der Waals surface area (Å²) in [6, 6.07) is 0. The van der Waals surface area contributed by atoms with Gasteiger partial charge >= 0.3 is 0 Å². The van der Waals surface area contributed by atoms with Gasteiger partial charge in [-0.25, -0.2) is 0 Å². The minimum absolute atomic E-state index is 0. The van der Waals surface area contributed by atoms with Crippen LogP contribution < -0.4 is 0 Å². The van der Waals surface area contributed by atoms with Gasteiger partial charge in [0.05, 0.1) is 0 Å². The normalized spacial score (nSPS) is 7.62. The first-order chi connectivity index (χ1) is 3.39. The molecule has 3 heteroatoms. The third kappa shape index (κ3) is 2.10. The summed E-state index contributed by atoms with van der Waals surface area (Å²) in [4.78, 5) is 7.39. The third-order valence-corrected chi connectivity index (χ3v) is 0.633. The summed E-state index contributed by atoms with van der Waals surface area (Å²) in [6.07, 6.45) is 5.90. The molecule has 0 spiro atoms. The zero-order valence-electron chi connectivity index (χ0n) is 4.50. The predicted molar refractivity (Wildman–Crippen MR) is 25.6 cm³/mol. The van der Waals surface area contributed by atoms with Gasteiger partial charge in [0.2, 0.25) is 0 Å². The Morgan fingerprint density at radius 1 is 1.62 bits per heavy atom. The zero-order valence-corrected chi connectivity index (χ0v) is 5.89. The second kappa shape index (κ2) is 3.64. The van der Waals surface area contributed by atoms with Gasteiger partial charge in [-0.2, -0.15) is 0 Å².